The van der Waals surface area contributed by atoms with Crippen LogP contribution in [0.2, 0.25) is 0 Å². The van der Waals surface area contributed by atoms with Gasteiger partial charge in [-0.3, -0.25) is 9.69 Å². The summed E-state index contributed by atoms with van der Waals surface area (Å²) in [6.07, 6.45) is 2.05. The van der Waals surface area contributed by atoms with E-state index < -0.39 is 0 Å². The van der Waals surface area contributed by atoms with Gasteiger partial charge in [0.2, 0.25) is 5.91 Å². The van der Waals surface area contributed by atoms with E-state index in [1.807, 2.05) is 18.2 Å². The molecule has 0 radical (unpaired) electrons. The zero-order valence-corrected chi connectivity index (χ0v) is 18.1. The molecule has 1 atom stereocenters. The van der Waals surface area contributed by atoms with E-state index in [1.165, 1.54) is 5.56 Å². The Morgan fingerprint density at radius 2 is 1.80 bits per heavy atom. The number of nitrogens with zero attached hydrogens (tertiary/aromatic N) is 2. The molecule has 5 nitrogen and oxygen atoms in total. The summed E-state index contributed by atoms with van der Waals surface area (Å²) in [5, 5.41) is 4.32. The molecule has 0 aliphatic carbocycles. The zero-order chi connectivity index (χ0) is 21.1. The van der Waals surface area contributed by atoms with Gasteiger partial charge in [0.05, 0.1) is 18.7 Å². The first kappa shape index (κ1) is 20.6. The highest BCUT2D eigenvalue weighted by Gasteiger charge is 2.22. The van der Waals surface area contributed by atoms with Crippen molar-refractivity contribution in [3.63, 3.8) is 0 Å². The molecule has 0 saturated carbocycles. The third kappa shape index (κ3) is 4.58. The number of nitrogens with one attached hydrogen (secondary N) is 1. The van der Waals surface area contributed by atoms with Crippen LogP contribution in [0.5, 0.6) is 0 Å². The van der Waals surface area contributed by atoms with Crippen molar-refractivity contribution >= 4 is 16.9 Å². The molecule has 1 N–H and O–H groups in total. The number of fused-ring (bicyclic) bond motifs is 1. The molecule has 5 heteroatoms. The third-order valence-corrected chi connectivity index (χ3v) is 6.27. The second kappa shape index (κ2) is 9.02. The van der Waals surface area contributed by atoms with Gasteiger partial charge in [-0.25, -0.2) is 0 Å². The number of carbonyl (C=O) groups excluding carboxylic acids is 1. The maximum Gasteiger partial charge on any atom is 0.225 e. The number of amides is 1. The summed E-state index contributed by atoms with van der Waals surface area (Å²) >= 11 is 0. The molecule has 1 aromatic heterocycles. The summed E-state index contributed by atoms with van der Waals surface area (Å²) < 4.78 is 5.79. The highest BCUT2D eigenvalue weighted by molar-refractivity contribution is 5.89. The fourth-order valence-electron chi connectivity index (χ4n) is 4.15. The van der Waals surface area contributed by atoms with Crippen molar-refractivity contribution in [1.29, 1.82) is 0 Å². The first-order valence-corrected chi connectivity index (χ1v) is 10.7. The van der Waals surface area contributed by atoms with Gasteiger partial charge >= 0.3 is 0 Å². The van der Waals surface area contributed by atoms with Crippen LogP contribution in [0.1, 0.15) is 28.3 Å². The minimum absolute atomic E-state index is 0.0238. The molecule has 2 aromatic carbocycles. The van der Waals surface area contributed by atoms with Crippen molar-refractivity contribution in [3.8, 4) is 0 Å². The van der Waals surface area contributed by atoms with Crippen molar-refractivity contribution in [1.82, 2.24) is 15.1 Å². The summed E-state index contributed by atoms with van der Waals surface area (Å²) in [4.78, 5) is 17.8. The summed E-state index contributed by atoms with van der Waals surface area (Å²) in [6, 6.07) is 14.4. The Hall–Kier alpha value is -2.63. The van der Waals surface area contributed by atoms with Crippen molar-refractivity contribution in [2.24, 2.45) is 0 Å². The van der Waals surface area contributed by atoms with Crippen LogP contribution >= 0.6 is 0 Å². The molecule has 3 aromatic rings. The van der Waals surface area contributed by atoms with Crippen LogP contribution in [-0.4, -0.2) is 55.5 Å². The van der Waals surface area contributed by atoms with E-state index in [-0.39, 0.29) is 11.9 Å². The standard InChI is InChI=1S/C25H31N3O2/c1-18-9-10-22-21(17-30-25(22)19(18)2)15-24(29)26-23(20-7-5-4-6-8-20)16-28-13-11-27(3)12-14-28/h4-10,17,23H,11-16H2,1-3H3,(H,26,29). The lowest BCUT2D eigenvalue weighted by atomic mass is 10.0. The highest BCUT2D eigenvalue weighted by atomic mass is 16.3. The van der Waals surface area contributed by atoms with Crippen molar-refractivity contribution < 1.29 is 9.21 Å². The Bertz CT molecular complexity index is 1000. The van der Waals surface area contributed by atoms with Crippen molar-refractivity contribution in [2.45, 2.75) is 26.3 Å². The number of piperazine rings is 1. The molecule has 0 spiro atoms. The number of furan rings is 1. The van der Waals surface area contributed by atoms with Crippen LogP contribution < -0.4 is 5.32 Å². The van der Waals surface area contributed by atoms with Gasteiger partial charge in [-0.05, 0) is 37.6 Å². The molecule has 1 fully saturated rings. The summed E-state index contributed by atoms with van der Waals surface area (Å²) in [5.41, 5.74) is 5.31. The number of benzene rings is 2. The van der Waals surface area contributed by atoms with Crippen LogP contribution in [0.25, 0.3) is 11.0 Å². The summed E-state index contributed by atoms with van der Waals surface area (Å²) in [5.74, 6) is 0.0268. The molecule has 0 bridgehead atoms. The molecule has 1 unspecified atom stereocenters. The first-order chi connectivity index (χ1) is 14.5. The lowest BCUT2D eigenvalue weighted by molar-refractivity contribution is -0.121. The lowest BCUT2D eigenvalue weighted by Crippen LogP contribution is -2.48. The van der Waals surface area contributed by atoms with E-state index in [0.717, 1.165) is 60.4 Å². The lowest BCUT2D eigenvalue weighted by Gasteiger charge is -2.35. The molecule has 30 heavy (non-hydrogen) atoms. The molecule has 1 amide bonds. The molecule has 4 rings (SSSR count). The third-order valence-electron chi connectivity index (χ3n) is 6.27. The van der Waals surface area contributed by atoms with Gasteiger partial charge in [0.25, 0.3) is 0 Å². The maximum atomic E-state index is 13.0. The van der Waals surface area contributed by atoms with Gasteiger partial charge in [-0.15, -0.1) is 0 Å². The van der Waals surface area contributed by atoms with Crippen molar-refractivity contribution in [2.75, 3.05) is 39.8 Å². The molecule has 1 aliphatic rings. The Balaban J connectivity index is 1.48. The summed E-state index contributed by atoms with van der Waals surface area (Å²) in [7, 11) is 2.16. The molecular weight excluding hydrogens is 374 g/mol. The highest BCUT2D eigenvalue weighted by Crippen LogP contribution is 2.27. The fourth-order valence-corrected chi connectivity index (χ4v) is 4.15. The average molecular weight is 406 g/mol. The summed E-state index contributed by atoms with van der Waals surface area (Å²) in [6.45, 7) is 9.15. The number of rotatable bonds is 6. The molecule has 1 aliphatic heterocycles. The second-order valence-corrected chi connectivity index (χ2v) is 8.46. The van der Waals surface area contributed by atoms with Gasteiger partial charge in [-0.1, -0.05) is 42.5 Å². The number of carbonyl (C=O) groups is 1. The first-order valence-electron chi connectivity index (χ1n) is 10.7. The normalized spacial score (nSPS) is 16.6. The smallest absolute Gasteiger partial charge is 0.225 e. The fraction of sp³-hybridized carbons (Fsp3) is 0.400. The minimum Gasteiger partial charge on any atom is -0.464 e. The van der Waals surface area contributed by atoms with E-state index in [9.17, 15) is 4.79 Å². The van der Waals surface area contributed by atoms with E-state index in [2.05, 4.69) is 60.3 Å². The van der Waals surface area contributed by atoms with Crippen LogP contribution in [0.4, 0.5) is 0 Å². The predicted molar refractivity (Wildman–Crippen MR) is 121 cm³/mol. The minimum atomic E-state index is -0.0238. The average Bonchev–Trinajstić information content (AvgIpc) is 3.15. The van der Waals surface area contributed by atoms with E-state index >= 15 is 0 Å². The molecule has 158 valence electrons. The second-order valence-electron chi connectivity index (χ2n) is 8.46. The zero-order valence-electron chi connectivity index (χ0n) is 18.1. The van der Waals surface area contributed by atoms with Gasteiger partial charge < -0.3 is 14.6 Å². The van der Waals surface area contributed by atoms with Crippen LogP contribution in [0.3, 0.4) is 0 Å². The molecule has 2 heterocycles. The largest absolute Gasteiger partial charge is 0.464 e. The van der Waals surface area contributed by atoms with Crippen molar-refractivity contribution in [3.05, 3.63) is 71.0 Å². The maximum absolute atomic E-state index is 13.0. The number of aryl methyl sites for hydroxylation is 2. The van der Waals surface area contributed by atoms with Gasteiger partial charge in [0, 0.05) is 43.7 Å². The van der Waals surface area contributed by atoms with Gasteiger partial charge in [-0.2, -0.15) is 0 Å². The van der Waals surface area contributed by atoms with Crippen LogP contribution in [0, 0.1) is 13.8 Å². The van der Waals surface area contributed by atoms with Crippen LogP contribution in [-0.2, 0) is 11.2 Å². The Morgan fingerprint density at radius 3 is 2.53 bits per heavy atom. The predicted octanol–water partition coefficient (Wildman–Crippen LogP) is 3.70. The number of hydrogen-bond acceptors (Lipinski definition) is 4. The number of likely N-dealkylation sites (N-methyl/N-ethyl adjacent to an activating group) is 1. The van der Waals surface area contributed by atoms with Crippen LogP contribution in [0.15, 0.2) is 53.1 Å². The molecular formula is C25H31N3O2. The Labute approximate surface area is 178 Å². The Kier molecular flexibility index (Phi) is 6.21. The topological polar surface area (TPSA) is 48.7 Å². The number of hydrogen-bond donors (Lipinski definition) is 1. The molecule has 1 saturated heterocycles. The Morgan fingerprint density at radius 1 is 1.07 bits per heavy atom. The van der Waals surface area contributed by atoms with Gasteiger partial charge in [0.15, 0.2) is 0 Å². The van der Waals surface area contributed by atoms with E-state index in [0.29, 0.717) is 6.42 Å². The van der Waals surface area contributed by atoms with E-state index in [1.54, 1.807) is 6.26 Å². The SMILES string of the molecule is Cc1ccc2c(CC(=O)NC(CN3CCN(C)CC3)c3ccccc3)coc2c1C. The monoisotopic (exact) mass is 405 g/mol. The quantitative estimate of drug-likeness (QED) is 0.679. The van der Waals surface area contributed by atoms with Gasteiger partial charge in [0.1, 0.15) is 5.58 Å². The van der Waals surface area contributed by atoms with E-state index in [4.69, 9.17) is 4.42 Å².